The van der Waals surface area contributed by atoms with E-state index in [9.17, 15) is 0 Å². The van der Waals surface area contributed by atoms with Gasteiger partial charge in [-0.25, -0.2) is 0 Å². The summed E-state index contributed by atoms with van der Waals surface area (Å²) < 4.78 is 0. The van der Waals surface area contributed by atoms with Gasteiger partial charge in [0.15, 0.2) is 0 Å². The van der Waals surface area contributed by atoms with Gasteiger partial charge in [0.1, 0.15) is 0 Å². The van der Waals surface area contributed by atoms with E-state index in [1.165, 1.54) is 96.3 Å². The van der Waals surface area contributed by atoms with Gasteiger partial charge in [0.25, 0.3) is 0 Å². The van der Waals surface area contributed by atoms with Crippen LogP contribution in [0.5, 0.6) is 0 Å². The summed E-state index contributed by atoms with van der Waals surface area (Å²) in [6, 6.07) is 0. The monoisotopic (exact) mass is 295 g/mol. The van der Waals surface area contributed by atoms with Crippen molar-refractivity contribution in [3.05, 3.63) is 5.92 Å². The summed E-state index contributed by atoms with van der Waals surface area (Å²) in [7, 11) is 0. The number of hydrogen-bond acceptors (Lipinski definition) is 0. The zero-order valence-electron chi connectivity index (χ0n) is 15.7. The van der Waals surface area contributed by atoms with Gasteiger partial charge in [-0.2, -0.15) is 0 Å². The van der Waals surface area contributed by atoms with E-state index in [-0.39, 0.29) is 0 Å². The predicted octanol–water partition coefficient (Wildman–Crippen LogP) is 8.11. The molecular formula is C21H43. The van der Waals surface area contributed by atoms with Gasteiger partial charge in [0.05, 0.1) is 0 Å². The predicted molar refractivity (Wildman–Crippen MR) is 98.7 cm³/mol. The van der Waals surface area contributed by atoms with Crippen molar-refractivity contribution in [2.75, 3.05) is 0 Å². The second-order valence-electron chi connectivity index (χ2n) is 7.16. The highest BCUT2D eigenvalue weighted by atomic mass is 14.2. The topological polar surface area (TPSA) is 0 Å². The van der Waals surface area contributed by atoms with Gasteiger partial charge >= 0.3 is 0 Å². The molecule has 0 bridgehead atoms. The van der Waals surface area contributed by atoms with Crippen molar-refractivity contribution in [3.8, 4) is 0 Å². The highest BCUT2D eigenvalue weighted by Crippen LogP contribution is 2.26. The van der Waals surface area contributed by atoms with Crippen LogP contribution >= 0.6 is 0 Å². The first-order valence-corrected chi connectivity index (χ1v) is 10.1. The van der Waals surface area contributed by atoms with Gasteiger partial charge in [-0.3, -0.25) is 0 Å². The van der Waals surface area contributed by atoms with Crippen LogP contribution in [0.3, 0.4) is 0 Å². The van der Waals surface area contributed by atoms with E-state index in [4.69, 9.17) is 0 Å². The Hall–Kier alpha value is 0. The maximum Gasteiger partial charge on any atom is -0.0269 e. The van der Waals surface area contributed by atoms with Crippen LogP contribution in [0.25, 0.3) is 0 Å². The Labute approximate surface area is 136 Å². The maximum atomic E-state index is 2.40. The molecule has 0 amide bonds. The molecule has 0 nitrogen and oxygen atoms in total. The maximum absolute atomic E-state index is 2.40. The van der Waals surface area contributed by atoms with Gasteiger partial charge in [-0.15, -0.1) is 0 Å². The Morgan fingerprint density at radius 3 is 1.71 bits per heavy atom. The van der Waals surface area contributed by atoms with Gasteiger partial charge in [0.2, 0.25) is 0 Å². The molecule has 0 fully saturated rings. The van der Waals surface area contributed by atoms with Crippen molar-refractivity contribution in [3.63, 3.8) is 0 Å². The van der Waals surface area contributed by atoms with Gasteiger partial charge in [-0.1, -0.05) is 111 Å². The fraction of sp³-hybridized carbons (Fsp3) is 0.952. The first-order valence-electron chi connectivity index (χ1n) is 10.1. The molecule has 0 saturated carbocycles. The fourth-order valence-corrected chi connectivity index (χ4v) is 3.28. The molecule has 0 aliphatic rings. The smallest absolute Gasteiger partial charge is 0.0269 e. The Morgan fingerprint density at radius 1 is 0.667 bits per heavy atom. The summed E-state index contributed by atoms with van der Waals surface area (Å²) in [6.45, 7) is 9.38. The lowest BCUT2D eigenvalue weighted by atomic mass is 9.87. The quantitative estimate of drug-likeness (QED) is 0.252. The minimum atomic E-state index is 0.962. The summed E-state index contributed by atoms with van der Waals surface area (Å²) in [5.74, 6) is 2.73. The molecule has 0 heteroatoms. The molecule has 0 aromatic heterocycles. The molecule has 127 valence electrons. The molecule has 0 N–H and O–H groups in total. The first-order chi connectivity index (χ1) is 10.2. The zero-order chi connectivity index (χ0) is 15.8. The lowest BCUT2D eigenvalue weighted by molar-refractivity contribution is 0.417. The highest BCUT2D eigenvalue weighted by molar-refractivity contribution is 4.86. The summed E-state index contributed by atoms with van der Waals surface area (Å²) in [4.78, 5) is 0. The number of rotatable bonds is 16. The van der Waals surface area contributed by atoms with E-state index < -0.39 is 0 Å². The first kappa shape index (κ1) is 21.0. The van der Waals surface area contributed by atoms with Crippen molar-refractivity contribution >= 4 is 0 Å². The molecule has 1 unspecified atom stereocenters. The van der Waals surface area contributed by atoms with Gasteiger partial charge in [0, 0.05) is 0 Å². The summed E-state index contributed by atoms with van der Waals surface area (Å²) in [5, 5.41) is 0. The third-order valence-electron chi connectivity index (χ3n) is 4.89. The molecular weight excluding hydrogens is 252 g/mol. The third kappa shape index (κ3) is 14.7. The van der Waals surface area contributed by atoms with Crippen LogP contribution in [0, 0.1) is 11.8 Å². The molecule has 0 aliphatic heterocycles. The van der Waals surface area contributed by atoms with Crippen molar-refractivity contribution in [2.24, 2.45) is 5.92 Å². The van der Waals surface area contributed by atoms with Crippen LogP contribution in [0.4, 0.5) is 0 Å². The minimum absolute atomic E-state index is 0.962. The van der Waals surface area contributed by atoms with E-state index in [2.05, 4.69) is 27.7 Å². The van der Waals surface area contributed by atoms with Gasteiger partial charge in [-0.05, 0) is 24.7 Å². The summed E-state index contributed by atoms with van der Waals surface area (Å²) >= 11 is 0. The molecule has 0 spiro atoms. The number of unbranched alkanes of at least 4 members (excludes halogenated alkanes) is 9. The molecule has 0 aromatic carbocycles. The third-order valence-corrected chi connectivity index (χ3v) is 4.89. The Balaban J connectivity index is 3.37. The van der Waals surface area contributed by atoms with Crippen LogP contribution in [-0.2, 0) is 0 Å². The second-order valence-corrected chi connectivity index (χ2v) is 7.16. The Kier molecular flexibility index (Phi) is 16.4. The summed E-state index contributed by atoms with van der Waals surface area (Å²) in [5.41, 5.74) is 0. The summed E-state index contributed by atoms with van der Waals surface area (Å²) in [6.07, 6.45) is 21.4. The van der Waals surface area contributed by atoms with Crippen LogP contribution in [0.15, 0.2) is 0 Å². The van der Waals surface area contributed by atoms with E-state index in [1.54, 1.807) is 5.92 Å². The average molecular weight is 296 g/mol. The van der Waals surface area contributed by atoms with Crippen LogP contribution < -0.4 is 0 Å². The molecule has 0 aromatic rings. The van der Waals surface area contributed by atoms with E-state index >= 15 is 0 Å². The zero-order valence-corrected chi connectivity index (χ0v) is 15.7. The van der Waals surface area contributed by atoms with Crippen LogP contribution in [-0.4, -0.2) is 0 Å². The molecule has 0 heterocycles. The van der Waals surface area contributed by atoms with Gasteiger partial charge < -0.3 is 0 Å². The highest BCUT2D eigenvalue weighted by Gasteiger charge is 2.11. The molecule has 0 saturated heterocycles. The molecule has 21 heavy (non-hydrogen) atoms. The Morgan fingerprint density at radius 2 is 1.19 bits per heavy atom. The standard InChI is InChI=1S/C21H43/c1-5-8-10-11-12-13-14-15-16-17-20(4)19-21(7-3)18-9-6-2/h21H,5-19H2,1-4H3. The minimum Gasteiger partial charge on any atom is -0.0654 e. The van der Waals surface area contributed by atoms with Crippen molar-refractivity contribution < 1.29 is 0 Å². The van der Waals surface area contributed by atoms with E-state index in [0.717, 1.165) is 5.92 Å². The van der Waals surface area contributed by atoms with Crippen molar-refractivity contribution in [1.29, 1.82) is 0 Å². The molecule has 0 rings (SSSR count). The molecule has 0 aliphatic carbocycles. The second kappa shape index (κ2) is 16.4. The molecule has 1 radical (unpaired) electrons. The number of hydrogen-bond donors (Lipinski definition) is 0. The van der Waals surface area contributed by atoms with E-state index in [1.807, 2.05) is 0 Å². The normalized spacial score (nSPS) is 13.0. The SMILES string of the molecule is CCCCCCCCCCC[C](C)CC(CC)CCCC. The van der Waals surface area contributed by atoms with Crippen molar-refractivity contribution in [2.45, 2.75) is 124 Å². The van der Waals surface area contributed by atoms with E-state index in [0.29, 0.717) is 0 Å². The fourth-order valence-electron chi connectivity index (χ4n) is 3.28. The largest absolute Gasteiger partial charge is 0.0654 e. The molecule has 1 atom stereocenters. The van der Waals surface area contributed by atoms with Crippen LogP contribution in [0.2, 0.25) is 0 Å². The lowest BCUT2D eigenvalue weighted by Gasteiger charge is -2.19. The average Bonchev–Trinajstić information content (AvgIpc) is 2.49. The van der Waals surface area contributed by atoms with Crippen molar-refractivity contribution in [1.82, 2.24) is 0 Å². The Bertz CT molecular complexity index is 184. The lowest BCUT2D eigenvalue weighted by Crippen LogP contribution is -2.04. The van der Waals surface area contributed by atoms with Crippen LogP contribution in [0.1, 0.15) is 124 Å².